The van der Waals surface area contributed by atoms with Gasteiger partial charge < -0.3 is 4.43 Å². The van der Waals surface area contributed by atoms with Crippen LogP contribution in [-0.4, -0.2) is 8.32 Å². The highest BCUT2D eigenvalue weighted by atomic mass is 28.4. The van der Waals surface area contributed by atoms with Gasteiger partial charge in [0.2, 0.25) is 0 Å². The maximum Gasteiger partial charge on any atom is 0.346 e. The van der Waals surface area contributed by atoms with Crippen LogP contribution in [0.2, 0.25) is 0 Å². The first-order valence-corrected chi connectivity index (χ1v) is 13.9. The minimum Gasteiger partial charge on any atom is -0.530 e. The zero-order chi connectivity index (χ0) is 24.5. The van der Waals surface area contributed by atoms with Crippen molar-refractivity contribution in [1.29, 1.82) is 0 Å². The minimum atomic E-state index is -2.93. The summed E-state index contributed by atoms with van der Waals surface area (Å²) in [6, 6.07) is 42.6. The third-order valence-corrected chi connectivity index (χ3v) is 10.0. The van der Waals surface area contributed by atoms with Crippen molar-refractivity contribution in [2.75, 3.05) is 0 Å². The van der Waals surface area contributed by atoms with Crippen LogP contribution in [-0.2, 0) is 4.43 Å². The number of hydrogen-bond donors (Lipinski definition) is 0. The molecule has 0 unspecified atom stereocenters. The molecule has 4 rings (SSSR count). The average molecular weight is 473 g/mol. The molecule has 0 aromatic heterocycles. The number of rotatable bonds is 10. The van der Waals surface area contributed by atoms with E-state index in [2.05, 4.69) is 135 Å². The first kappa shape index (κ1) is 24.2. The third-order valence-electron chi connectivity index (χ3n) is 6.06. The fourth-order valence-corrected chi connectivity index (χ4v) is 8.46. The van der Waals surface area contributed by atoms with Crippen molar-refractivity contribution < 1.29 is 4.43 Å². The molecular weight excluding hydrogens is 440 g/mol. The Bertz CT molecular complexity index is 1180. The quantitative estimate of drug-likeness (QED) is 0.109. The Morgan fingerprint density at radius 1 is 0.686 bits per heavy atom. The summed E-state index contributed by atoms with van der Waals surface area (Å²) < 4.78 is 7.53. The Labute approximate surface area is 210 Å². The van der Waals surface area contributed by atoms with E-state index in [1.807, 2.05) is 12.1 Å². The van der Waals surface area contributed by atoms with Crippen molar-refractivity contribution >= 4 is 29.6 Å². The highest BCUT2D eigenvalue weighted by Gasteiger charge is 2.44. The minimum absolute atomic E-state index is 0.736. The van der Waals surface area contributed by atoms with Gasteiger partial charge in [0.15, 0.2) is 0 Å². The van der Waals surface area contributed by atoms with E-state index < -0.39 is 8.32 Å². The van der Waals surface area contributed by atoms with E-state index in [1.165, 1.54) is 21.1 Å². The van der Waals surface area contributed by atoms with Crippen molar-refractivity contribution in [3.63, 3.8) is 0 Å². The summed E-state index contributed by atoms with van der Waals surface area (Å²) in [5.41, 5.74) is 3.37. The van der Waals surface area contributed by atoms with Crippen LogP contribution in [0.25, 0.3) is 5.76 Å². The standard InChI is InChI=1S/C33H32OSi/c1-4-17-29(26-27(2)3)33(28-18-9-5-10-19-28)34-35(30-20-11-6-12-21-30,31-22-13-7-14-23-31)32-24-15-8-16-25-32/h4-16,18-25H,1-2,17,26H2,3H3/b33-29-. The average Bonchev–Trinajstić information content (AvgIpc) is 2.91. The van der Waals surface area contributed by atoms with Crippen LogP contribution in [0.1, 0.15) is 25.3 Å². The van der Waals surface area contributed by atoms with E-state index in [1.54, 1.807) is 0 Å². The highest BCUT2D eigenvalue weighted by Crippen LogP contribution is 2.30. The van der Waals surface area contributed by atoms with Crippen molar-refractivity contribution in [2.45, 2.75) is 19.8 Å². The monoisotopic (exact) mass is 472 g/mol. The molecule has 0 spiro atoms. The molecule has 174 valence electrons. The molecule has 0 aliphatic rings. The molecule has 4 aromatic rings. The molecule has 2 heteroatoms. The van der Waals surface area contributed by atoms with E-state index in [4.69, 9.17) is 4.43 Å². The van der Waals surface area contributed by atoms with Gasteiger partial charge in [-0.2, -0.15) is 0 Å². The third kappa shape index (κ3) is 5.45. The van der Waals surface area contributed by atoms with Crippen LogP contribution in [0, 0.1) is 0 Å². The molecule has 0 N–H and O–H groups in total. The van der Waals surface area contributed by atoms with Gasteiger partial charge in [0.1, 0.15) is 5.76 Å². The summed E-state index contributed by atoms with van der Waals surface area (Å²) in [5, 5.41) is 3.62. The fourth-order valence-electron chi connectivity index (χ4n) is 4.56. The second kappa shape index (κ2) is 11.5. The molecule has 0 aliphatic carbocycles. The molecule has 0 amide bonds. The molecule has 0 atom stereocenters. The summed E-state index contributed by atoms with van der Waals surface area (Å²) in [5.74, 6) is 0.928. The van der Waals surface area contributed by atoms with E-state index >= 15 is 0 Å². The lowest BCUT2D eigenvalue weighted by atomic mass is 10.00. The summed E-state index contributed by atoms with van der Waals surface area (Å²) in [7, 11) is -2.93. The molecule has 0 saturated carbocycles. The number of benzene rings is 4. The van der Waals surface area contributed by atoms with Gasteiger partial charge >= 0.3 is 8.32 Å². The Morgan fingerprint density at radius 3 is 1.46 bits per heavy atom. The van der Waals surface area contributed by atoms with Gasteiger partial charge in [0, 0.05) is 5.56 Å². The molecule has 0 fully saturated rings. The largest absolute Gasteiger partial charge is 0.530 e. The molecule has 0 saturated heterocycles. The van der Waals surface area contributed by atoms with Crippen LogP contribution in [0.15, 0.2) is 152 Å². The van der Waals surface area contributed by atoms with E-state index in [0.29, 0.717) is 0 Å². The molecular formula is C33H32OSi. The lowest BCUT2D eigenvalue weighted by molar-refractivity contribution is 0.525. The normalized spacial score (nSPS) is 11.9. The Hall–Kier alpha value is -3.88. The first-order chi connectivity index (χ1) is 17.1. The lowest BCUT2D eigenvalue weighted by Gasteiger charge is -2.35. The SMILES string of the molecule is C=CC/C(CC(=C)C)=C(/O[Si](c1ccccc1)(c1ccccc1)c1ccccc1)c1ccccc1. The Morgan fingerprint density at radius 2 is 1.09 bits per heavy atom. The van der Waals surface area contributed by atoms with Crippen LogP contribution in [0.5, 0.6) is 0 Å². The van der Waals surface area contributed by atoms with E-state index in [9.17, 15) is 0 Å². The molecule has 0 radical (unpaired) electrons. The summed E-state index contributed by atoms with van der Waals surface area (Å²) >= 11 is 0. The van der Waals surface area contributed by atoms with Crippen molar-refractivity contribution in [3.05, 3.63) is 157 Å². The van der Waals surface area contributed by atoms with E-state index in [-0.39, 0.29) is 0 Å². The molecule has 1 nitrogen and oxygen atoms in total. The molecule has 0 aliphatic heterocycles. The maximum absolute atomic E-state index is 7.53. The predicted octanol–water partition coefficient (Wildman–Crippen LogP) is 6.62. The predicted molar refractivity (Wildman–Crippen MR) is 153 cm³/mol. The Kier molecular flexibility index (Phi) is 7.97. The van der Waals surface area contributed by atoms with Crippen molar-refractivity contribution in [1.82, 2.24) is 0 Å². The second-order valence-corrected chi connectivity index (χ2v) is 12.1. The van der Waals surface area contributed by atoms with Gasteiger partial charge in [0.25, 0.3) is 0 Å². The molecule has 0 heterocycles. The van der Waals surface area contributed by atoms with Gasteiger partial charge in [-0.1, -0.05) is 140 Å². The van der Waals surface area contributed by atoms with Crippen molar-refractivity contribution in [3.8, 4) is 0 Å². The summed E-state index contributed by atoms with van der Waals surface area (Å²) in [6.07, 6.45) is 3.46. The van der Waals surface area contributed by atoms with Crippen LogP contribution in [0.4, 0.5) is 0 Å². The highest BCUT2D eigenvalue weighted by molar-refractivity contribution is 7.07. The van der Waals surface area contributed by atoms with Crippen LogP contribution < -0.4 is 15.6 Å². The number of hydrogen-bond acceptors (Lipinski definition) is 1. The number of allylic oxidation sites excluding steroid dienone is 3. The van der Waals surface area contributed by atoms with Gasteiger partial charge in [-0.05, 0) is 40.9 Å². The fraction of sp³-hybridized carbons (Fsp3) is 0.0909. The van der Waals surface area contributed by atoms with Crippen molar-refractivity contribution in [2.24, 2.45) is 0 Å². The Balaban J connectivity index is 2.06. The van der Waals surface area contributed by atoms with E-state index in [0.717, 1.165) is 29.7 Å². The van der Waals surface area contributed by atoms with Gasteiger partial charge in [-0.3, -0.25) is 0 Å². The molecule has 4 aromatic carbocycles. The smallest absolute Gasteiger partial charge is 0.346 e. The van der Waals surface area contributed by atoms with Gasteiger partial charge in [0.05, 0.1) is 0 Å². The van der Waals surface area contributed by atoms with Crippen LogP contribution in [0.3, 0.4) is 0 Å². The maximum atomic E-state index is 7.53. The second-order valence-electron chi connectivity index (χ2n) is 8.81. The summed E-state index contributed by atoms with van der Waals surface area (Å²) in [6.45, 7) is 10.3. The summed E-state index contributed by atoms with van der Waals surface area (Å²) in [4.78, 5) is 0. The molecule has 35 heavy (non-hydrogen) atoms. The first-order valence-electron chi connectivity index (χ1n) is 12.0. The topological polar surface area (TPSA) is 9.23 Å². The lowest BCUT2D eigenvalue weighted by Crippen LogP contribution is -2.69. The van der Waals surface area contributed by atoms with Gasteiger partial charge in [-0.15, -0.1) is 6.58 Å². The van der Waals surface area contributed by atoms with Gasteiger partial charge in [-0.25, -0.2) is 0 Å². The van der Waals surface area contributed by atoms with Crippen LogP contribution >= 0.6 is 0 Å². The zero-order valence-corrected chi connectivity index (χ0v) is 21.4. The molecule has 0 bridgehead atoms. The zero-order valence-electron chi connectivity index (χ0n) is 20.4.